The van der Waals surface area contributed by atoms with Gasteiger partial charge >= 0.3 is 0 Å². The third-order valence-electron chi connectivity index (χ3n) is 5.65. The number of hydrogen-bond acceptors (Lipinski definition) is 8. The molecular weight excluding hydrogens is 526 g/mol. The van der Waals surface area contributed by atoms with Gasteiger partial charge in [0.15, 0.2) is 0 Å². The highest BCUT2D eigenvalue weighted by atomic mass is 35.5. The van der Waals surface area contributed by atoms with E-state index >= 15 is 0 Å². The van der Waals surface area contributed by atoms with Gasteiger partial charge < -0.3 is 16.8 Å². The van der Waals surface area contributed by atoms with E-state index in [0.29, 0.717) is 5.82 Å². The van der Waals surface area contributed by atoms with Crippen molar-refractivity contribution in [2.24, 2.45) is 11.5 Å². The summed E-state index contributed by atoms with van der Waals surface area (Å²) in [6.45, 7) is 8.85. The molecule has 3 heterocycles. The van der Waals surface area contributed by atoms with E-state index in [-0.39, 0.29) is 56.4 Å². The Morgan fingerprint density at radius 3 is 1.82 bits per heavy atom. The topological polar surface area (TPSA) is 153 Å². The summed E-state index contributed by atoms with van der Waals surface area (Å²) in [4.78, 5) is 39.5. The predicted octanol–water partition coefficient (Wildman–Crippen LogP) is 3.60. The van der Waals surface area contributed by atoms with Gasteiger partial charge in [-0.15, -0.1) is 12.4 Å². The molecule has 3 rings (SSSR count). The molecule has 34 heavy (non-hydrogen) atoms. The van der Waals surface area contributed by atoms with Crippen LogP contribution in [0.2, 0.25) is 15.7 Å². The number of carbonyl (C=O) groups excluding carboxylic acids is 2. The van der Waals surface area contributed by atoms with Crippen LogP contribution in [0.3, 0.4) is 0 Å². The van der Waals surface area contributed by atoms with Crippen LogP contribution >= 0.6 is 47.2 Å². The average molecular weight is 554 g/mol. The summed E-state index contributed by atoms with van der Waals surface area (Å²) < 4.78 is 0. The Morgan fingerprint density at radius 2 is 1.38 bits per heavy atom. The summed E-state index contributed by atoms with van der Waals surface area (Å²) in [5.41, 5.74) is 10.7. The fourth-order valence-corrected chi connectivity index (χ4v) is 4.36. The van der Waals surface area contributed by atoms with E-state index in [2.05, 4.69) is 64.9 Å². The molecule has 2 aromatic heterocycles. The molecule has 0 aromatic carbocycles. The van der Waals surface area contributed by atoms with Crippen LogP contribution in [0.4, 0.5) is 5.82 Å². The average Bonchev–Trinajstić information content (AvgIpc) is 2.65. The number of nitrogens with one attached hydrogen (secondary N) is 1. The number of carbonyl (C=O) groups is 2. The number of anilines is 1. The number of amides is 2. The van der Waals surface area contributed by atoms with E-state index in [1.807, 2.05) is 0 Å². The van der Waals surface area contributed by atoms with Crippen molar-refractivity contribution >= 4 is 64.8 Å². The molecule has 2 amide bonds. The second kappa shape index (κ2) is 11.6. The maximum Gasteiger partial charge on any atom is 0.254 e. The second-order valence-corrected chi connectivity index (χ2v) is 9.94. The van der Waals surface area contributed by atoms with E-state index in [9.17, 15) is 9.59 Å². The Morgan fingerprint density at radius 1 is 0.941 bits per heavy atom. The summed E-state index contributed by atoms with van der Waals surface area (Å²) in [6.07, 6.45) is 4.39. The van der Waals surface area contributed by atoms with Gasteiger partial charge in [0.25, 0.3) is 11.8 Å². The first-order valence-electron chi connectivity index (χ1n) is 9.94. The zero-order valence-electron chi connectivity index (χ0n) is 19.4. The van der Waals surface area contributed by atoms with E-state index in [4.69, 9.17) is 46.3 Å². The summed E-state index contributed by atoms with van der Waals surface area (Å²) in [6, 6.07) is 0.172. The van der Waals surface area contributed by atoms with E-state index in [0.717, 1.165) is 12.8 Å². The first-order chi connectivity index (χ1) is 15.1. The lowest BCUT2D eigenvalue weighted by atomic mass is 9.77. The molecule has 2 aromatic rings. The highest BCUT2D eigenvalue weighted by Gasteiger charge is 2.43. The number of likely N-dealkylation sites (tertiary alicyclic amines) is 1. The largest absolute Gasteiger partial charge is 0.366 e. The van der Waals surface area contributed by atoms with Crippen LogP contribution in [0, 0.1) is 0 Å². The molecule has 1 aliphatic rings. The van der Waals surface area contributed by atoms with Gasteiger partial charge in [0.05, 0.1) is 11.1 Å². The van der Waals surface area contributed by atoms with Crippen LogP contribution in [-0.2, 0) is 0 Å². The van der Waals surface area contributed by atoms with E-state index < -0.39 is 11.8 Å². The third-order valence-corrected chi connectivity index (χ3v) is 6.30. The maximum absolute atomic E-state index is 11.5. The monoisotopic (exact) mass is 552 g/mol. The van der Waals surface area contributed by atoms with Gasteiger partial charge in [0.1, 0.15) is 11.0 Å². The normalized spacial score (nSPS) is 17.1. The summed E-state index contributed by atoms with van der Waals surface area (Å²) in [7, 11) is 2.15. The number of piperidine rings is 1. The summed E-state index contributed by atoms with van der Waals surface area (Å²) in [5.74, 6) is -0.828. The highest BCUT2D eigenvalue weighted by molar-refractivity contribution is 6.34. The van der Waals surface area contributed by atoms with Crippen molar-refractivity contribution in [1.82, 2.24) is 24.8 Å². The number of rotatable bonds is 4. The van der Waals surface area contributed by atoms with Gasteiger partial charge in [-0.2, -0.15) is 4.98 Å². The van der Waals surface area contributed by atoms with Crippen LogP contribution in [0.5, 0.6) is 0 Å². The number of halogens is 4. The van der Waals surface area contributed by atoms with Crippen LogP contribution in [0.1, 0.15) is 61.3 Å². The lowest BCUT2D eigenvalue weighted by molar-refractivity contribution is -0.00773. The van der Waals surface area contributed by atoms with Crippen LogP contribution in [0.15, 0.2) is 12.4 Å². The van der Waals surface area contributed by atoms with E-state index in [1.165, 1.54) is 12.4 Å². The fourth-order valence-electron chi connectivity index (χ4n) is 3.82. The fraction of sp³-hybridized carbons (Fsp3) is 0.500. The van der Waals surface area contributed by atoms with Crippen molar-refractivity contribution in [2.45, 2.75) is 57.7 Å². The zero-order chi connectivity index (χ0) is 25.1. The van der Waals surface area contributed by atoms with Crippen LogP contribution in [-0.4, -0.2) is 60.8 Å². The number of nitrogens with two attached hydrogens (primary N) is 2. The molecule has 1 aliphatic heterocycles. The van der Waals surface area contributed by atoms with E-state index in [1.54, 1.807) is 0 Å². The Bertz CT molecular complexity index is 1030. The smallest absolute Gasteiger partial charge is 0.254 e. The first kappa shape index (κ1) is 30.1. The van der Waals surface area contributed by atoms with Gasteiger partial charge in [0.2, 0.25) is 10.6 Å². The minimum atomic E-state index is -0.674. The Kier molecular flexibility index (Phi) is 10.3. The maximum atomic E-state index is 11.5. The molecule has 0 saturated carbocycles. The lowest BCUT2D eigenvalue weighted by Crippen LogP contribution is -2.61. The predicted molar refractivity (Wildman–Crippen MR) is 136 cm³/mol. The minimum absolute atomic E-state index is 0. The Hall–Kier alpha value is -1.98. The van der Waals surface area contributed by atoms with Crippen molar-refractivity contribution in [2.75, 3.05) is 12.4 Å². The van der Waals surface area contributed by atoms with Gasteiger partial charge in [-0.3, -0.25) is 14.5 Å². The standard InChI is InChI=1S/C15H24ClN5O.C5H3Cl2N3O.ClH/c1-14(2)6-9(7-15(3,4)21(14)5)19-12-10(11(17)22)8-18-13(16)20-12;6-3-2(4(8)11)1-9-5(7)10-3;/h8-9H,6-7H2,1-5H3,(H2,17,22)(H,18,19,20);1H,(H2,8,11);1H. The molecule has 0 atom stereocenters. The number of hydrogen-bond donors (Lipinski definition) is 3. The quantitative estimate of drug-likeness (QED) is 0.383. The molecule has 0 aliphatic carbocycles. The van der Waals surface area contributed by atoms with Crippen molar-refractivity contribution in [3.8, 4) is 0 Å². The highest BCUT2D eigenvalue weighted by Crippen LogP contribution is 2.38. The van der Waals surface area contributed by atoms with Gasteiger partial charge in [-0.25, -0.2) is 15.0 Å². The molecule has 188 valence electrons. The van der Waals surface area contributed by atoms with Crippen molar-refractivity contribution in [3.05, 3.63) is 39.2 Å². The number of aromatic nitrogens is 4. The molecule has 14 heteroatoms. The molecule has 5 N–H and O–H groups in total. The minimum Gasteiger partial charge on any atom is -0.366 e. The number of primary amides is 2. The van der Waals surface area contributed by atoms with Crippen molar-refractivity contribution < 1.29 is 9.59 Å². The van der Waals surface area contributed by atoms with Crippen molar-refractivity contribution in [3.63, 3.8) is 0 Å². The Labute approximate surface area is 219 Å². The van der Waals surface area contributed by atoms with Gasteiger partial charge in [-0.05, 0) is 70.8 Å². The molecule has 0 bridgehead atoms. The molecule has 10 nitrogen and oxygen atoms in total. The van der Waals surface area contributed by atoms with Crippen molar-refractivity contribution in [1.29, 1.82) is 0 Å². The number of nitrogens with zero attached hydrogens (tertiary/aromatic N) is 5. The molecule has 1 saturated heterocycles. The summed E-state index contributed by atoms with van der Waals surface area (Å²) in [5, 5.41) is 3.39. The van der Waals surface area contributed by atoms with Gasteiger partial charge in [-0.1, -0.05) is 11.6 Å². The molecule has 0 unspecified atom stereocenters. The lowest BCUT2D eigenvalue weighted by Gasteiger charge is -2.53. The SMILES string of the molecule is CN1C(C)(C)CC(Nc2nc(Cl)ncc2C(N)=O)CC1(C)C.Cl.NC(=O)c1cnc(Cl)nc1Cl. The second-order valence-electron chi connectivity index (χ2n) is 8.91. The Balaban J connectivity index is 0.000000407. The molecule has 0 spiro atoms. The molecule has 1 fully saturated rings. The molecular formula is C20H28Cl4N8O2. The van der Waals surface area contributed by atoms with Crippen LogP contribution < -0.4 is 16.8 Å². The third kappa shape index (κ3) is 7.51. The first-order valence-corrected chi connectivity index (χ1v) is 11.1. The summed E-state index contributed by atoms with van der Waals surface area (Å²) >= 11 is 16.7. The zero-order valence-corrected chi connectivity index (χ0v) is 22.5. The molecule has 0 radical (unpaired) electrons. The van der Waals surface area contributed by atoms with Crippen LogP contribution in [0.25, 0.3) is 0 Å². The van der Waals surface area contributed by atoms with Gasteiger partial charge in [0, 0.05) is 29.5 Å².